The second-order valence-corrected chi connectivity index (χ2v) is 11.3. The lowest BCUT2D eigenvalue weighted by Gasteiger charge is -2.28. The van der Waals surface area contributed by atoms with Gasteiger partial charge < -0.3 is 25.4 Å². The van der Waals surface area contributed by atoms with Crippen LogP contribution >= 0.6 is 0 Å². The smallest absolute Gasteiger partial charge is 0.257 e. The third-order valence-corrected chi connectivity index (χ3v) is 7.70. The van der Waals surface area contributed by atoms with E-state index in [2.05, 4.69) is 58.5 Å². The van der Waals surface area contributed by atoms with Gasteiger partial charge in [-0.1, -0.05) is 30.3 Å². The lowest BCUT2D eigenvalue weighted by molar-refractivity contribution is 0.0342. The molecule has 2 aromatic carbocycles. The molecule has 218 valence electrons. The van der Waals surface area contributed by atoms with Gasteiger partial charge in [0.15, 0.2) is 0 Å². The fraction of sp³-hybridized carbons (Fsp3) is 0.438. The molecule has 1 amide bonds. The molecule has 9 heteroatoms. The number of hydrogen-bond donors (Lipinski definition) is 2. The summed E-state index contributed by atoms with van der Waals surface area (Å²) in [4.78, 5) is 21.9. The summed E-state index contributed by atoms with van der Waals surface area (Å²) in [5, 5.41) is 3.01. The molecule has 0 atom stereocenters. The number of amides is 1. The molecule has 1 aliphatic heterocycles. The van der Waals surface area contributed by atoms with Crippen LogP contribution in [0.2, 0.25) is 0 Å². The van der Waals surface area contributed by atoms with E-state index < -0.39 is 11.7 Å². The first kappa shape index (κ1) is 29.1. The van der Waals surface area contributed by atoms with Gasteiger partial charge in [-0.05, 0) is 80.2 Å². The molecule has 0 bridgehead atoms. The number of carbonyl (C=O) groups excluding carboxylic acids is 1. The molecule has 5 rings (SSSR count). The van der Waals surface area contributed by atoms with Crippen LogP contribution in [0.5, 0.6) is 11.6 Å². The minimum Gasteiger partial charge on any atom is -0.438 e. The lowest BCUT2D eigenvalue weighted by atomic mass is 9.91. The average Bonchev–Trinajstić information content (AvgIpc) is 2.96. The largest absolute Gasteiger partial charge is 0.438 e. The van der Waals surface area contributed by atoms with Crippen LogP contribution in [-0.4, -0.2) is 73.2 Å². The normalized spacial score (nSPS) is 19.7. The molecule has 8 nitrogen and oxygen atoms in total. The van der Waals surface area contributed by atoms with Gasteiger partial charge in [0, 0.05) is 38.3 Å². The summed E-state index contributed by atoms with van der Waals surface area (Å²) in [6.07, 6.45) is 4.37. The van der Waals surface area contributed by atoms with E-state index in [1.807, 2.05) is 18.2 Å². The number of aromatic nitrogens is 1. The van der Waals surface area contributed by atoms with Crippen LogP contribution in [0.15, 0.2) is 54.7 Å². The van der Waals surface area contributed by atoms with Crippen molar-refractivity contribution in [1.29, 1.82) is 0 Å². The number of ether oxygens (including phenoxy) is 2. The van der Waals surface area contributed by atoms with Crippen molar-refractivity contribution in [3.05, 3.63) is 77.2 Å². The molecule has 0 spiro atoms. The SMILES string of the molecule is CN(C)Cc1ccc(-c2cccc(Oc3ncc(F)cc3C(=O)N[C@H]3CC[C@H](N)CC3)c2)c(CN2CCOCC2)c1. The highest BCUT2D eigenvalue weighted by Crippen LogP contribution is 2.32. The Labute approximate surface area is 241 Å². The maximum absolute atomic E-state index is 14.2. The van der Waals surface area contributed by atoms with E-state index >= 15 is 0 Å². The summed E-state index contributed by atoms with van der Waals surface area (Å²) in [7, 11) is 4.14. The summed E-state index contributed by atoms with van der Waals surface area (Å²) in [6, 6.07) is 15.7. The van der Waals surface area contributed by atoms with E-state index in [-0.39, 0.29) is 23.5 Å². The Morgan fingerprint density at radius 3 is 2.66 bits per heavy atom. The number of carbonyl (C=O) groups is 1. The first-order valence-corrected chi connectivity index (χ1v) is 14.4. The van der Waals surface area contributed by atoms with Crippen molar-refractivity contribution >= 4 is 5.91 Å². The van der Waals surface area contributed by atoms with E-state index in [1.165, 1.54) is 17.2 Å². The molecule has 1 saturated carbocycles. The van der Waals surface area contributed by atoms with Crippen molar-refractivity contribution in [3.63, 3.8) is 0 Å². The van der Waals surface area contributed by atoms with Crippen LogP contribution in [0.1, 0.15) is 47.2 Å². The highest BCUT2D eigenvalue weighted by Gasteiger charge is 2.23. The van der Waals surface area contributed by atoms with E-state index in [4.69, 9.17) is 15.2 Å². The molecule has 0 unspecified atom stereocenters. The van der Waals surface area contributed by atoms with Crippen LogP contribution in [-0.2, 0) is 17.8 Å². The summed E-state index contributed by atoms with van der Waals surface area (Å²) in [5.74, 6) is -0.391. The van der Waals surface area contributed by atoms with Crippen LogP contribution in [0.4, 0.5) is 4.39 Å². The number of hydrogen-bond acceptors (Lipinski definition) is 7. The van der Waals surface area contributed by atoms with Crippen LogP contribution in [0.3, 0.4) is 0 Å². The standard InChI is InChI=1S/C32H40FN5O3/c1-37(2)20-22-6-11-29(24(16-22)21-38-12-14-40-15-13-38)23-4-3-5-28(17-23)41-32-30(18-25(33)19-35-32)31(39)36-27-9-7-26(34)8-10-27/h3-6,11,16-19,26-27H,7-10,12-15,20-21,34H2,1-2H3,(H,36,39)/t26-,27-. The molecule has 1 saturated heterocycles. The van der Waals surface area contributed by atoms with Crippen molar-refractivity contribution in [2.75, 3.05) is 40.4 Å². The van der Waals surface area contributed by atoms with E-state index in [9.17, 15) is 9.18 Å². The Morgan fingerprint density at radius 1 is 1.12 bits per heavy atom. The second-order valence-electron chi connectivity index (χ2n) is 11.3. The van der Waals surface area contributed by atoms with Crippen molar-refractivity contribution in [1.82, 2.24) is 20.1 Å². The summed E-state index contributed by atoms with van der Waals surface area (Å²) < 4.78 is 25.9. The van der Waals surface area contributed by atoms with Gasteiger partial charge in [-0.25, -0.2) is 9.37 Å². The zero-order valence-electron chi connectivity index (χ0n) is 23.9. The summed E-state index contributed by atoms with van der Waals surface area (Å²) in [6.45, 7) is 4.95. The predicted octanol–water partition coefficient (Wildman–Crippen LogP) is 4.57. The number of benzene rings is 2. The molecule has 41 heavy (non-hydrogen) atoms. The van der Waals surface area contributed by atoms with Gasteiger partial charge in [0.1, 0.15) is 17.1 Å². The molecular formula is C32H40FN5O3. The molecule has 1 aromatic heterocycles. The zero-order chi connectivity index (χ0) is 28.8. The number of nitrogens with two attached hydrogens (primary N) is 1. The van der Waals surface area contributed by atoms with E-state index in [0.717, 1.165) is 82.4 Å². The monoisotopic (exact) mass is 561 g/mol. The highest BCUT2D eigenvalue weighted by atomic mass is 19.1. The Bertz CT molecular complexity index is 1340. The second kappa shape index (κ2) is 13.5. The predicted molar refractivity (Wildman–Crippen MR) is 157 cm³/mol. The average molecular weight is 562 g/mol. The van der Waals surface area contributed by atoms with Crippen molar-refractivity contribution < 1.29 is 18.7 Å². The molecule has 3 N–H and O–H groups in total. The molecular weight excluding hydrogens is 521 g/mol. The van der Waals surface area contributed by atoms with E-state index in [1.54, 1.807) is 0 Å². The molecule has 1 aliphatic carbocycles. The Morgan fingerprint density at radius 2 is 1.90 bits per heavy atom. The van der Waals surface area contributed by atoms with Gasteiger partial charge in [0.25, 0.3) is 5.91 Å². The quantitative estimate of drug-likeness (QED) is 0.395. The van der Waals surface area contributed by atoms with Crippen molar-refractivity contribution in [2.45, 2.75) is 50.9 Å². The molecule has 2 fully saturated rings. The fourth-order valence-electron chi connectivity index (χ4n) is 5.56. The van der Waals surface area contributed by atoms with Crippen LogP contribution in [0.25, 0.3) is 11.1 Å². The van der Waals surface area contributed by atoms with Gasteiger partial charge >= 0.3 is 0 Å². The fourth-order valence-corrected chi connectivity index (χ4v) is 5.56. The van der Waals surface area contributed by atoms with Crippen LogP contribution < -0.4 is 15.8 Å². The third kappa shape index (κ3) is 7.89. The van der Waals surface area contributed by atoms with Gasteiger partial charge in [-0.15, -0.1) is 0 Å². The number of halogens is 1. The molecule has 2 heterocycles. The molecule has 2 aliphatic rings. The maximum Gasteiger partial charge on any atom is 0.257 e. The Balaban J connectivity index is 1.39. The first-order valence-electron chi connectivity index (χ1n) is 14.4. The third-order valence-electron chi connectivity index (χ3n) is 7.70. The first-order chi connectivity index (χ1) is 19.8. The summed E-state index contributed by atoms with van der Waals surface area (Å²) in [5.41, 5.74) is 10.7. The van der Waals surface area contributed by atoms with Crippen molar-refractivity contribution in [2.24, 2.45) is 5.73 Å². The minimum absolute atomic E-state index is 0.00194. The highest BCUT2D eigenvalue weighted by molar-refractivity contribution is 5.96. The maximum atomic E-state index is 14.2. The topological polar surface area (TPSA) is 93.0 Å². The number of rotatable bonds is 9. The number of pyridine rings is 1. The minimum atomic E-state index is -0.590. The molecule has 3 aromatic rings. The zero-order valence-corrected chi connectivity index (χ0v) is 23.9. The number of nitrogens with one attached hydrogen (secondary N) is 1. The van der Waals surface area contributed by atoms with Gasteiger partial charge in [0.05, 0.1) is 19.4 Å². The number of nitrogens with zero attached hydrogens (tertiary/aromatic N) is 3. The summed E-state index contributed by atoms with van der Waals surface area (Å²) >= 11 is 0. The van der Waals surface area contributed by atoms with E-state index in [0.29, 0.717) is 5.75 Å². The van der Waals surface area contributed by atoms with Gasteiger partial charge in [-0.2, -0.15) is 0 Å². The Hall–Kier alpha value is -3.37. The Kier molecular flexibility index (Phi) is 9.61. The van der Waals surface area contributed by atoms with Gasteiger partial charge in [0.2, 0.25) is 5.88 Å². The van der Waals surface area contributed by atoms with Crippen LogP contribution in [0, 0.1) is 5.82 Å². The van der Waals surface area contributed by atoms with Crippen molar-refractivity contribution in [3.8, 4) is 22.8 Å². The lowest BCUT2D eigenvalue weighted by Crippen LogP contribution is -2.40. The number of morpholine rings is 1. The molecule has 0 radical (unpaired) electrons. The van der Waals surface area contributed by atoms with Gasteiger partial charge in [-0.3, -0.25) is 9.69 Å².